The van der Waals surface area contributed by atoms with Crippen molar-refractivity contribution >= 4 is 42.3 Å². The van der Waals surface area contributed by atoms with Crippen LogP contribution < -0.4 is 0 Å². The summed E-state index contributed by atoms with van der Waals surface area (Å²) in [5.74, 6) is 1.95. The van der Waals surface area contributed by atoms with Gasteiger partial charge in [0, 0.05) is 48.6 Å². The van der Waals surface area contributed by atoms with Crippen molar-refractivity contribution in [2.24, 2.45) is 0 Å². The minimum Gasteiger partial charge on any atom is -0.256 e. The smallest absolute Gasteiger partial charge is 0.164 e. The van der Waals surface area contributed by atoms with Crippen molar-refractivity contribution in [1.29, 1.82) is 0 Å². The van der Waals surface area contributed by atoms with Gasteiger partial charge in [-0.05, 0) is 46.2 Å². The summed E-state index contributed by atoms with van der Waals surface area (Å²) in [7, 11) is 0. The van der Waals surface area contributed by atoms with Gasteiger partial charge in [0.1, 0.15) is 0 Å². The molecule has 4 nitrogen and oxygen atoms in total. The Balaban J connectivity index is 1.18. The predicted molar refractivity (Wildman–Crippen MR) is 195 cm³/mol. The molecule has 0 amide bonds. The number of thiophene rings is 1. The highest BCUT2D eigenvalue weighted by Crippen LogP contribution is 2.41. The van der Waals surface area contributed by atoms with E-state index in [1.165, 1.54) is 30.9 Å². The van der Waals surface area contributed by atoms with Gasteiger partial charge in [-0.1, -0.05) is 127 Å². The molecule has 3 heterocycles. The third kappa shape index (κ3) is 4.94. The number of aromatic nitrogens is 4. The molecule has 0 unspecified atom stereocenters. The minimum absolute atomic E-state index is 0.642. The molecular weight excluding hydrogens is 593 g/mol. The molecule has 0 bridgehead atoms. The van der Waals surface area contributed by atoms with E-state index in [0.29, 0.717) is 17.5 Å². The summed E-state index contributed by atoms with van der Waals surface area (Å²) >= 11 is 1.82. The quantitative estimate of drug-likeness (QED) is 0.193. The van der Waals surface area contributed by atoms with Gasteiger partial charge in [0.15, 0.2) is 17.5 Å². The molecule has 0 aliphatic heterocycles. The van der Waals surface area contributed by atoms with Crippen LogP contribution in [-0.4, -0.2) is 19.9 Å². The summed E-state index contributed by atoms with van der Waals surface area (Å²) in [5, 5.41) is 4.84. The van der Waals surface area contributed by atoms with Crippen molar-refractivity contribution in [2.45, 2.75) is 0 Å². The Bertz CT molecular complexity index is 2500. The first-order chi connectivity index (χ1) is 23.3. The predicted octanol–water partition coefficient (Wildman–Crippen LogP) is 11.1. The van der Waals surface area contributed by atoms with Crippen LogP contribution >= 0.6 is 11.3 Å². The Labute approximate surface area is 275 Å². The van der Waals surface area contributed by atoms with Crippen molar-refractivity contribution in [3.05, 3.63) is 158 Å². The summed E-state index contributed by atoms with van der Waals surface area (Å²) in [5.41, 5.74) is 7.24. The van der Waals surface area contributed by atoms with Crippen molar-refractivity contribution in [3.63, 3.8) is 0 Å². The number of fused-ring (bicyclic) bond motifs is 4. The highest BCUT2D eigenvalue weighted by atomic mass is 32.1. The molecule has 0 atom stereocenters. The molecule has 9 aromatic rings. The molecule has 0 radical (unpaired) electrons. The van der Waals surface area contributed by atoms with Gasteiger partial charge < -0.3 is 0 Å². The van der Waals surface area contributed by atoms with Gasteiger partial charge in [-0.15, -0.1) is 11.3 Å². The number of hydrogen-bond acceptors (Lipinski definition) is 5. The zero-order chi connectivity index (χ0) is 31.2. The SMILES string of the molecule is c1ccc(-c2nc(-c3ccccc3)nc(-c3ccc(-c4cc(-c5nccc6sc7ccccc7c56)cc5ccccc45)cc3)n2)cc1. The van der Waals surface area contributed by atoms with Crippen molar-refractivity contribution < 1.29 is 0 Å². The maximum atomic E-state index is 4.95. The second-order valence-electron chi connectivity index (χ2n) is 11.5. The van der Waals surface area contributed by atoms with E-state index in [1.54, 1.807) is 0 Å². The molecule has 3 aromatic heterocycles. The van der Waals surface area contributed by atoms with Crippen LogP contribution in [0.3, 0.4) is 0 Å². The molecule has 0 aliphatic carbocycles. The van der Waals surface area contributed by atoms with Gasteiger partial charge in [0.25, 0.3) is 0 Å². The zero-order valence-corrected chi connectivity index (χ0v) is 26.0. The largest absolute Gasteiger partial charge is 0.256 e. The second-order valence-corrected chi connectivity index (χ2v) is 12.6. The second kappa shape index (κ2) is 11.4. The van der Waals surface area contributed by atoms with E-state index in [2.05, 4.69) is 91.0 Å². The lowest BCUT2D eigenvalue weighted by molar-refractivity contribution is 1.07. The Morgan fingerprint density at radius 2 is 0.957 bits per heavy atom. The van der Waals surface area contributed by atoms with Gasteiger partial charge in [-0.25, -0.2) is 15.0 Å². The van der Waals surface area contributed by atoms with Crippen LogP contribution in [0.5, 0.6) is 0 Å². The Kier molecular flexibility index (Phi) is 6.61. The van der Waals surface area contributed by atoms with Crippen LogP contribution in [0, 0.1) is 0 Å². The lowest BCUT2D eigenvalue weighted by Crippen LogP contribution is -2.00. The Hall–Kier alpha value is -6.04. The number of pyridine rings is 1. The van der Waals surface area contributed by atoms with E-state index in [-0.39, 0.29) is 0 Å². The first-order valence-electron chi connectivity index (χ1n) is 15.6. The summed E-state index contributed by atoms with van der Waals surface area (Å²) in [6.45, 7) is 0. The molecule has 6 aromatic carbocycles. The summed E-state index contributed by atoms with van der Waals surface area (Å²) in [6.07, 6.45) is 1.93. The first kappa shape index (κ1) is 27.3. The van der Waals surface area contributed by atoms with Crippen LogP contribution in [0.25, 0.3) is 87.5 Å². The molecule has 0 fully saturated rings. The molecule has 0 aliphatic rings. The highest BCUT2D eigenvalue weighted by Gasteiger charge is 2.16. The van der Waals surface area contributed by atoms with E-state index in [1.807, 2.05) is 78.2 Å². The Morgan fingerprint density at radius 1 is 0.404 bits per heavy atom. The molecule has 0 spiro atoms. The lowest BCUT2D eigenvalue weighted by atomic mass is 9.93. The van der Waals surface area contributed by atoms with Crippen LogP contribution in [-0.2, 0) is 0 Å². The van der Waals surface area contributed by atoms with Crippen molar-refractivity contribution in [1.82, 2.24) is 19.9 Å². The molecule has 220 valence electrons. The van der Waals surface area contributed by atoms with Crippen LogP contribution in [0.15, 0.2) is 158 Å². The molecular formula is C42H26N4S. The lowest BCUT2D eigenvalue weighted by Gasteiger charge is -2.13. The average molecular weight is 619 g/mol. The van der Waals surface area contributed by atoms with Crippen molar-refractivity contribution in [2.75, 3.05) is 0 Å². The van der Waals surface area contributed by atoms with Crippen LogP contribution in [0.4, 0.5) is 0 Å². The van der Waals surface area contributed by atoms with Gasteiger partial charge in [-0.3, -0.25) is 4.98 Å². The first-order valence-corrected chi connectivity index (χ1v) is 16.4. The van der Waals surface area contributed by atoms with E-state index >= 15 is 0 Å². The minimum atomic E-state index is 0.642. The fraction of sp³-hybridized carbons (Fsp3) is 0. The Morgan fingerprint density at radius 3 is 1.64 bits per heavy atom. The van der Waals surface area contributed by atoms with Crippen molar-refractivity contribution in [3.8, 4) is 56.5 Å². The molecule has 0 saturated heterocycles. The molecule has 0 N–H and O–H groups in total. The van der Waals surface area contributed by atoms with E-state index < -0.39 is 0 Å². The molecule has 47 heavy (non-hydrogen) atoms. The third-order valence-corrected chi connectivity index (χ3v) is 9.71. The summed E-state index contributed by atoms with van der Waals surface area (Å²) < 4.78 is 2.52. The summed E-state index contributed by atoms with van der Waals surface area (Å²) in [4.78, 5) is 19.6. The monoisotopic (exact) mass is 618 g/mol. The topological polar surface area (TPSA) is 51.6 Å². The fourth-order valence-corrected chi connectivity index (χ4v) is 7.41. The zero-order valence-electron chi connectivity index (χ0n) is 25.2. The van der Waals surface area contributed by atoms with E-state index in [4.69, 9.17) is 19.9 Å². The normalized spacial score (nSPS) is 11.4. The third-order valence-electron chi connectivity index (χ3n) is 8.58. The van der Waals surface area contributed by atoms with Gasteiger partial charge in [-0.2, -0.15) is 0 Å². The number of benzene rings is 6. The van der Waals surface area contributed by atoms with Crippen LogP contribution in [0.1, 0.15) is 0 Å². The molecule has 5 heteroatoms. The number of nitrogens with zero attached hydrogens (tertiary/aromatic N) is 4. The highest BCUT2D eigenvalue weighted by molar-refractivity contribution is 7.25. The van der Waals surface area contributed by atoms with Gasteiger partial charge in [0.05, 0.1) is 5.69 Å². The maximum absolute atomic E-state index is 4.95. The average Bonchev–Trinajstić information content (AvgIpc) is 3.54. The number of rotatable bonds is 5. The van der Waals surface area contributed by atoms with Gasteiger partial charge in [0.2, 0.25) is 0 Å². The number of hydrogen-bond donors (Lipinski definition) is 0. The summed E-state index contributed by atoms with van der Waals surface area (Å²) in [6, 6.07) is 52.6. The molecule has 0 saturated carbocycles. The van der Waals surface area contributed by atoms with Crippen LogP contribution in [0.2, 0.25) is 0 Å². The maximum Gasteiger partial charge on any atom is 0.164 e. The molecule has 9 rings (SSSR count). The fourth-order valence-electron chi connectivity index (χ4n) is 6.31. The van der Waals surface area contributed by atoms with E-state index in [0.717, 1.165) is 39.1 Å². The standard InChI is InChI=1S/C42H26N4S/c1-3-11-28(12-4-1)40-44-41(29-13-5-2-6-14-29)46-42(45-40)30-21-19-27(20-22-30)35-26-32(25-31-15-7-8-16-33(31)35)39-38-34-17-9-10-18-36(34)47-37(38)23-24-43-39/h1-26H. The van der Waals surface area contributed by atoms with E-state index in [9.17, 15) is 0 Å². The van der Waals surface area contributed by atoms with Gasteiger partial charge >= 0.3 is 0 Å².